The molecule has 0 aliphatic carbocycles. The Kier molecular flexibility index (Phi) is 5.09. The van der Waals surface area contributed by atoms with E-state index in [0.29, 0.717) is 5.56 Å². The van der Waals surface area contributed by atoms with Crippen molar-refractivity contribution in [3.63, 3.8) is 0 Å². The van der Waals surface area contributed by atoms with Crippen molar-refractivity contribution < 1.29 is 20.1 Å². The minimum atomic E-state index is -1.30. The van der Waals surface area contributed by atoms with Gasteiger partial charge in [-0.3, -0.25) is 4.79 Å². The largest absolute Gasteiger partial charge is 0.481 e. The molecule has 4 heteroatoms. The first-order chi connectivity index (χ1) is 10.1. The van der Waals surface area contributed by atoms with Crippen LogP contribution in [0, 0.1) is 0 Å². The molecule has 2 aromatic carbocycles. The minimum Gasteiger partial charge on any atom is -0.481 e. The van der Waals surface area contributed by atoms with E-state index in [-0.39, 0.29) is 0 Å². The van der Waals surface area contributed by atoms with Crippen LogP contribution in [-0.2, 0) is 11.2 Å². The third kappa shape index (κ3) is 4.41. The van der Waals surface area contributed by atoms with Gasteiger partial charge in [0.15, 0.2) is 0 Å². The first-order valence-corrected chi connectivity index (χ1v) is 6.77. The summed E-state index contributed by atoms with van der Waals surface area (Å²) in [6, 6.07) is 17.2. The zero-order valence-electron chi connectivity index (χ0n) is 11.5. The molecule has 21 heavy (non-hydrogen) atoms. The second-order valence-electron chi connectivity index (χ2n) is 5.01. The molecule has 0 bridgehead atoms. The molecule has 0 aliphatic rings. The van der Waals surface area contributed by atoms with Crippen LogP contribution in [0.25, 0.3) is 0 Å². The van der Waals surface area contributed by atoms with Crippen LogP contribution in [0.3, 0.4) is 0 Å². The van der Waals surface area contributed by atoms with Crippen molar-refractivity contribution in [2.45, 2.75) is 25.0 Å². The van der Waals surface area contributed by atoms with Crippen molar-refractivity contribution in [3.05, 3.63) is 71.3 Å². The van der Waals surface area contributed by atoms with E-state index in [1.807, 2.05) is 42.5 Å². The van der Waals surface area contributed by atoms with Crippen LogP contribution in [0.1, 0.15) is 29.2 Å². The number of benzene rings is 2. The number of hydrogen-bond donors (Lipinski definition) is 3. The fourth-order valence-electron chi connectivity index (χ4n) is 2.18. The van der Waals surface area contributed by atoms with Crippen molar-refractivity contribution in [2.24, 2.45) is 0 Å². The monoisotopic (exact) mass is 286 g/mol. The van der Waals surface area contributed by atoms with E-state index >= 15 is 0 Å². The highest BCUT2D eigenvalue weighted by Crippen LogP contribution is 2.20. The van der Waals surface area contributed by atoms with Crippen LogP contribution in [0.15, 0.2) is 54.6 Å². The standard InChI is InChI=1S/C17H18O4/c18-15(11-16(19)20)17(21)14-8-6-13(7-9-14)10-12-4-2-1-3-5-12/h1-9,15,17-18,21H,10-11H2,(H,19,20). The third-order valence-electron chi connectivity index (χ3n) is 3.32. The first-order valence-electron chi connectivity index (χ1n) is 6.77. The Balaban J connectivity index is 2.03. The number of hydrogen-bond acceptors (Lipinski definition) is 3. The molecular formula is C17H18O4. The maximum absolute atomic E-state index is 10.5. The van der Waals surface area contributed by atoms with E-state index in [2.05, 4.69) is 0 Å². The number of aliphatic hydroxyl groups is 2. The molecule has 0 aliphatic heterocycles. The van der Waals surface area contributed by atoms with E-state index < -0.39 is 24.6 Å². The van der Waals surface area contributed by atoms with Crippen molar-refractivity contribution in [2.75, 3.05) is 0 Å². The summed E-state index contributed by atoms with van der Waals surface area (Å²) in [6.45, 7) is 0. The van der Waals surface area contributed by atoms with Crippen molar-refractivity contribution >= 4 is 5.97 Å². The summed E-state index contributed by atoms with van der Waals surface area (Å²) >= 11 is 0. The molecule has 2 rings (SSSR count). The van der Waals surface area contributed by atoms with Gasteiger partial charge in [0.2, 0.25) is 0 Å². The molecule has 2 atom stereocenters. The number of aliphatic carboxylic acids is 1. The zero-order chi connectivity index (χ0) is 15.2. The second kappa shape index (κ2) is 7.02. The lowest BCUT2D eigenvalue weighted by atomic mass is 9.98. The lowest BCUT2D eigenvalue weighted by molar-refractivity contribution is -0.141. The maximum Gasteiger partial charge on any atom is 0.306 e. The van der Waals surface area contributed by atoms with Crippen molar-refractivity contribution in [1.82, 2.24) is 0 Å². The summed E-state index contributed by atoms with van der Waals surface area (Å²) < 4.78 is 0. The summed E-state index contributed by atoms with van der Waals surface area (Å²) in [5.74, 6) is -1.14. The fourth-order valence-corrected chi connectivity index (χ4v) is 2.18. The Hall–Kier alpha value is -2.17. The number of carbonyl (C=O) groups is 1. The Morgan fingerprint density at radius 3 is 2.05 bits per heavy atom. The highest BCUT2D eigenvalue weighted by atomic mass is 16.4. The van der Waals surface area contributed by atoms with E-state index in [1.54, 1.807) is 12.1 Å². The van der Waals surface area contributed by atoms with Gasteiger partial charge in [-0.1, -0.05) is 54.6 Å². The van der Waals surface area contributed by atoms with Crippen LogP contribution >= 0.6 is 0 Å². The summed E-state index contributed by atoms with van der Waals surface area (Å²) in [6.07, 6.45) is -2.18. The van der Waals surface area contributed by atoms with Gasteiger partial charge < -0.3 is 15.3 Å². The molecule has 3 N–H and O–H groups in total. The second-order valence-corrected chi connectivity index (χ2v) is 5.01. The highest BCUT2D eigenvalue weighted by molar-refractivity contribution is 5.67. The van der Waals surface area contributed by atoms with Gasteiger partial charge in [-0.25, -0.2) is 0 Å². The van der Waals surface area contributed by atoms with Gasteiger partial charge >= 0.3 is 5.97 Å². The molecule has 2 aromatic rings. The Morgan fingerprint density at radius 2 is 1.48 bits per heavy atom. The van der Waals surface area contributed by atoms with Gasteiger partial charge in [-0.05, 0) is 23.1 Å². The van der Waals surface area contributed by atoms with Gasteiger partial charge in [-0.2, -0.15) is 0 Å². The van der Waals surface area contributed by atoms with Crippen LogP contribution in [0.2, 0.25) is 0 Å². The van der Waals surface area contributed by atoms with Gasteiger partial charge in [-0.15, -0.1) is 0 Å². The molecule has 0 aromatic heterocycles. The zero-order valence-corrected chi connectivity index (χ0v) is 11.5. The smallest absolute Gasteiger partial charge is 0.306 e. The van der Waals surface area contributed by atoms with E-state index in [0.717, 1.165) is 12.0 Å². The quantitative estimate of drug-likeness (QED) is 0.760. The number of rotatable bonds is 6. The van der Waals surface area contributed by atoms with Crippen molar-refractivity contribution in [3.8, 4) is 0 Å². The lowest BCUT2D eigenvalue weighted by Gasteiger charge is -2.16. The molecule has 0 radical (unpaired) electrons. The van der Waals surface area contributed by atoms with Crippen LogP contribution < -0.4 is 0 Å². The average Bonchev–Trinajstić information content (AvgIpc) is 2.47. The molecule has 0 saturated heterocycles. The van der Waals surface area contributed by atoms with Gasteiger partial charge in [0, 0.05) is 0 Å². The summed E-state index contributed by atoms with van der Waals surface area (Å²) in [5, 5.41) is 28.1. The van der Waals surface area contributed by atoms with Crippen LogP contribution in [0.4, 0.5) is 0 Å². The Labute approximate surface area is 123 Å². The first kappa shape index (κ1) is 15.2. The number of carboxylic acid groups (broad SMARTS) is 1. The predicted octanol–water partition coefficient (Wildman–Crippen LogP) is 2.15. The van der Waals surface area contributed by atoms with Crippen LogP contribution in [0.5, 0.6) is 0 Å². The van der Waals surface area contributed by atoms with Gasteiger partial charge in [0.05, 0.1) is 12.5 Å². The van der Waals surface area contributed by atoms with Crippen molar-refractivity contribution in [1.29, 1.82) is 0 Å². The summed E-state index contributed by atoms with van der Waals surface area (Å²) in [5.41, 5.74) is 2.79. The Morgan fingerprint density at radius 1 is 0.905 bits per heavy atom. The van der Waals surface area contributed by atoms with E-state index in [9.17, 15) is 15.0 Å². The molecule has 2 unspecified atom stereocenters. The third-order valence-corrected chi connectivity index (χ3v) is 3.32. The molecule has 0 fully saturated rings. The molecule has 0 saturated carbocycles. The minimum absolute atomic E-state index is 0.479. The lowest BCUT2D eigenvalue weighted by Crippen LogP contribution is -2.21. The average molecular weight is 286 g/mol. The van der Waals surface area contributed by atoms with Crippen LogP contribution in [-0.4, -0.2) is 27.4 Å². The summed E-state index contributed by atoms with van der Waals surface area (Å²) in [4.78, 5) is 10.5. The molecule has 4 nitrogen and oxygen atoms in total. The Bertz CT molecular complexity index is 577. The maximum atomic E-state index is 10.5. The molecule has 0 heterocycles. The fraction of sp³-hybridized carbons (Fsp3) is 0.235. The van der Waals surface area contributed by atoms with E-state index in [4.69, 9.17) is 5.11 Å². The normalized spacial score (nSPS) is 13.6. The number of carboxylic acids is 1. The highest BCUT2D eigenvalue weighted by Gasteiger charge is 2.20. The molecule has 0 spiro atoms. The number of aliphatic hydroxyl groups excluding tert-OH is 2. The molecule has 110 valence electrons. The SMILES string of the molecule is O=C(O)CC(O)C(O)c1ccc(Cc2ccccc2)cc1. The van der Waals surface area contributed by atoms with E-state index in [1.165, 1.54) is 5.56 Å². The topological polar surface area (TPSA) is 77.8 Å². The summed E-state index contributed by atoms with van der Waals surface area (Å²) in [7, 11) is 0. The van der Waals surface area contributed by atoms with Gasteiger partial charge in [0.1, 0.15) is 6.10 Å². The molecule has 0 amide bonds. The molecular weight excluding hydrogens is 268 g/mol. The predicted molar refractivity (Wildman–Crippen MR) is 78.9 cm³/mol. The van der Waals surface area contributed by atoms with Gasteiger partial charge in [0.25, 0.3) is 0 Å².